The quantitative estimate of drug-likeness (QED) is 0.935. The maximum absolute atomic E-state index is 12.5. The van der Waals surface area contributed by atoms with E-state index in [1.807, 2.05) is 0 Å². The van der Waals surface area contributed by atoms with Gasteiger partial charge in [0.15, 0.2) is 5.82 Å². The number of pyridine rings is 1. The highest BCUT2D eigenvalue weighted by atomic mass is 19.4. The number of hydrogen-bond donors (Lipinski definition) is 1. The third-order valence-electron chi connectivity index (χ3n) is 2.33. The Labute approximate surface area is 111 Å². The Morgan fingerprint density at radius 1 is 1.25 bits per heavy atom. The van der Waals surface area contributed by atoms with Crippen LogP contribution in [-0.4, -0.2) is 21.1 Å². The molecule has 8 heteroatoms. The monoisotopic (exact) mass is 282 g/mol. The third-order valence-corrected chi connectivity index (χ3v) is 2.33. The summed E-state index contributed by atoms with van der Waals surface area (Å²) in [5, 5.41) is 9.61. The van der Waals surface area contributed by atoms with Gasteiger partial charge in [-0.15, -0.1) is 5.10 Å². The number of halogens is 3. The fourth-order valence-corrected chi connectivity index (χ4v) is 1.47. The Kier molecular flexibility index (Phi) is 3.92. The van der Waals surface area contributed by atoms with E-state index < -0.39 is 17.6 Å². The van der Waals surface area contributed by atoms with Crippen LogP contribution in [0.1, 0.15) is 11.3 Å². The summed E-state index contributed by atoms with van der Waals surface area (Å²) in [7, 11) is 0. The van der Waals surface area contributed by atoms with Crippen molar-refractivity contribution in [1.29, 1.82) is 0 Å². The Morgan fingerprint density at radius 2 is 2.05 bits per heavy atom. The molecule has 5 nitrogen and oxygen atoms in total. The molecule has 0 aliphatic rings. The topological polar surface area (TPSA) is 67.8 Å². The number of alkyl halides is 3. The molecule has 2 rings (SSSR count). The molecule has 0 saturated carbocycles. The minimum atomic E-state index is -4.46. The van der Waals surface area contributed by atoms with Crippen LogP contribution in [-0.2, 0) is 17.4 Å². The zero-order chi connectivity index (χ0) is 14.6. The molecular weight excluding hydrogens is 273 g/mol. The number of carbonyl (C=O) groups is 1. The van der Waals surface area contributed by atoms with E-state index in [1.54, 1.807) is 6.07 Å². The minimum Gasteiger partial charge on any atom is -0.309 e. The predicted molar refractivity (Wildman–Crippen MR) is 63.6 cm³/mol. The number of carbonyl (C=O) groups excluding carboxylic acids is 1. The summed E-state index contributed by atoms with van der Waals surface area (Å²) in [6.45, 7) is 0. The van der Waals surface area contributed by atoms with E-state index in [-0.39, 0.29) is 17.9 Å². The van der Waals surface area contributed by atoms with E-state index in [9.17, 15) is 18.0 Å². The van der Waals surface area contributed by atoms with E-state index in [2.05, 4.69) is 20.5 Å². The van der Waals surface area contributed by atoms with Crippen LogP contribution in [0.25, 0.3) is 0 Å². The van der Waals surface area contributed by atoms with E-state index in [0.29, 0.717) is 0 Å². The predicted octanol–water partition coefficient (Wildman–Crippen LogP) is 2.07. The first-order valence-electron chi connectivity index (χ1n) is 5.55. The largest absolute Gasteiger partial charge is 0.416 e. The van der Waals surface area contributed by atoms with Gasteiger partial charge in [-0.25, -0.2) is 0 Å². The lowest BCUT2D eigenvalue weighted by Crippen LogP contribution is -2.17. The first kappa shape index (κ1) is 13.9. The van der Waals surface area contributed by atoms with Gasteiger partial charge in [-0.2, -0.15) is 18.3 Å². The summed E-state index contributed by atoms with van der Waals surface area (Å²) in [4.78, 5) is 15.4. The van der Waals surface area contributed by atoms with Crippen molar-refractivity contribution in [2.45, 2.75) is 12.6 Å². The summed E-state index contributed by atoms with van der Waals surface area (Å²) in [6.07, 6.45) is -2.28. The molecule has 1 amide bonds. The van der Waals surface area contributed by atoms with E-state index in [0.717, 1.165) is 18.3 Å². The van der Waals surface area contributed by atoms with Crippen molar-refractivity contribution >= 4 is 11.7 Å². The van der Waals surface area contributed by atoms with E-state index >= 15 is 0 Å². The van der Waals surface area contributed by atoms with E-state index in [1.165, 1.54) is 12.3 Å². The Bertz CT molecular complexity index is 601. The second-order valence-electron chi connectivity index (χ2n) is 3.87. The van der Waals surface area contributed by atoms with Crippen LogP contribution in [0.3, 0.4) is 0 Å². The molecule has 0 radical (unpaired) electrons. The van der Waals surface area contributed by atoms with E-state index in [4.69, 9.17) is 0 Å². The fraction of sp³-hybridized carbons (Fsp3) is 0.167. The lowest BCUT2D eigenvalue weighted by Gasteiger charge is -2.08. The van der Waals surface area contributed by atoms with Gasteiger partial charge in [0.05, 0.1) is 17.7 Å². The molecule has 0 fully saturated rings. The van der Waals surface area contributed by atoms with Crippen molar-refractivity contribution in [3.05, 3.63) is 47.9 Å². The zero-order valence-electron chi connectivity index (χ0n) is 10.1. The SMILES string of the molecule is O=C(Cc1cc(C(F)(F)F)ccn1)Nc1cccnn1. The fourth-order valence-electron chi connectivity index (χ4n) is 1.47. The Morgan fingerprint density at radius 3 is 2.70 bits per heavy atom. The van der Waals surface area contributed by atoms with Crippen LogP contribution in [0.5, 0.6) is 0 Å². The van der Waals surface area contributed by atoms with Crippen LogP contribution in [0, 0.1) is 0 Å². The lowest BCUT2D eigenvalue weighted by molar-refractivity contribution is -0.137. The number of nitrogens with zero attached hydrogens (tertiary/aromatic N) is 3. The summed E-state index contributed by atoms with van der Waals surface area (Å²) in [6, 6.07) is 4.79. The standard InChI is InChI=1S/C12H9F3N4O/c13-12(14,15)8-3-5-16-9(6-8)7-11(20)18-10-2-1-4-17-19-10/h1-6H,7H2,(H,18,19,20). The van der Waals surface area contributed by atoms with Gasteiger partial charge in [0.25, 0.3) is 0 Å². The van der Waals surface area contributed by atoms with Gasteiger partial charge in [-0.05, 0) is 24.3 Å². The Balaban J connectivity index is 2.05. The molecule has 2 heterocycles. The van der Waals surface area contributed by atoms with Gasteiger partial charge in [0, 0.05) is 12.4 Å². The minimum absolute atomic E-state index is 0.0289. The van der Waals surface area contributed by atoms with Gasteiger partial charge in [0.2, 0.25) is 5.91 Å². The van der Waals surface area contributed by atoms with Gasteiger partial charge < -0.3 is 5.32 Å². The average molecular weight is 282 g/mol. The van der Waals surface area contributed by atoms with Crippen molar-refractivity contribution in [2.24, 2.45) is 0 Å². The summed E-state index contributed by atoms with van der Waals surface area (Å²) >= 11 is 0. The number of rotatable bonds is 3. The molecule has 0 aliphatic carbocycles. The highest BCUT2D eigenvalue weighted by Gasteiger charge is 2.30. The van der Waals surface area contributed by atoms with Crippen molar-refractivity contribution in [1.82, 2.24) is 15.2 Å². The molecule has 0 spiro atoms. The van der Waals surface area contributed by atoms with Crippen molar-refractivity contribution in [3.63, 3.8) is 0 Å². The smallest absolute Gasteiger partial charge is 0.309 e. The summed E-state index contributed by atoms with van der Waals surface area (Å²) in [5.74, 6) is -0.290. The molecule has 104 valence electrons. The summed E-state index contributed by atoms with van der Waals surface area (Å²) < 4.78 is 37.5. The van der Waals surface area contributed by atoms with Gasteiger partial charge in [-0.1, -0.05) is 0 Å². The Hall–Kier alpha value is -2.51. The maximum atomic E-state index is 12.5. The van der Waals surface area contributed by atoms with Crippen molar-refractivity contribution in [2.75, 3.05) is 5.32 Å². The molecule has 1 N–H and O–H groups in total. The molecule has 0 bridgehead atoms. The number of amides is 1. The van der Waals surface area contributed by atoms with Crippen LogP contribution >= 0.6 is 0 Å². The van der Waals surface area contributed by atoms with Crippen LogP contribution in [0.4, 0.5) is 19.0 Å². The molecule has 0 aliphatic heterocycles. The normalized spacial score (nSPS) is 11.2. The third kappa shape index (κ3) is 3.74. The second-order valence-corrected chi connectivity index (χ2v) is 3.87. The lowest BCUT2D eigenvalue weighted by atomic mass is 10.2. The number of hydrogen-bond acceptors (Lipinski definition) is 4. The molecule has 0 unspecified atom stereocenters. The average Bonchev–Trinajstić information content (AvgIpc) is 2.39. The number of nitrogens with one attached hydrogen (secondary N) is 1. The highest BCUT2D eigenvalue weighted by Crippen LogP contribution is 2.29. The van der Waals surface area contributed by atoms with Crippen molar-refractivity contribution < 1.29 is 18.0 Å². The van der Waals surface area contributed by atoms with Gasteiger partial charge in [-0.3, -0.25) is 9.78 Å². The molecule has 20 heavy (non-hydrogen) atoms. The number of anilines is 1. The highest BCUT2D eigenvalue weighted by molar-refractivity contribution is 5.91. The number of aromatic nitrogens is 3. The van der Waals surface area contributed by atoms with Crippen LogP contribution in [0.2, 0.25) is 0 Å². The second kappa shape index (κ2) is 5.64. The molecular formula is C12H9F3N4O. The molecule has 2 aromatic heterocycles. The van der Waals surface area contributed by atoms with Gasteiger partial charge in [0.1, 0.15) is 0 Å². The van der Waals surface area contributed by atoms with Crippen LogP contribution in [0.15, 0.2) is 36.7 Å². The first-order valence-corrected chi connectivity index (χ1v) is 5.55. The van der Waals surface area contributed by atoms with Crippen LogP contribution < -0.4 is 5.32 Å². The maximum Gasteiger partial charge on any atom is 0.416 e. The first-order chi connectivity index (χ1) is 9.45. The molecule has 2 aromatic rings. The molecule has 0 saturated heterocycles. The molecule has 0 atom stereocenters. The van der Waals surface area contributed by atoms with Gasteiger partial charge >= 0.3 is 6.18 Å². The molecule has 0 aromatic carbocycles. The van der Waals surface area contributed by atoms with Crippen molar-refractivity contribution in [3.8, 4) is 0 Å². The zero-order valence-corrected chi connectivity index (χ0v) is 10.1. The summed E-state index contributed by atoms with van der Waals surface area (Å²) in [5.41, 5.74) is -0.809.